The topological polar surface area (TPSA) is 212 Å². The third-order valence-corrected chi connectivity index (χ3v) is 14.7. The van der Waals surface area contributed by atoms with Gasteiger partial charge in [-0.3, -0.25) is 9.59 Å². The number of carbonyl (C=O) groups excluding carboxylic acids is 4. The van der Waals surface area contributed by atoms with Gasteiger partial charge in [0.05, 0.1) is 68.0 Å². The quantitative estimate of drug-likeness (QED) is 0.0822. The lowest BCUT2D eigenvalue weighted by Crippen LogP contribution is -2.54. The first-order chi connectivity index (χ1) is 33.4. The SMILES string of the molecule is COC(=O)NC(C(=O)N1C[C@@H](C)C[C@H]1c1ncc(-c2ccc3c(c2)COc2cc4c(ccc5[nH]c([C@@H]6C[C@H](COCC7CCCC7)CN6C(=O)[C@@H](NC(=O)OC)[C@H](C)OC)nc54)cc2-3)[nH]1)[C@H](C)OC. The Morgan fingerprint density at radius 2 is 1.45 bits per heavy atom. The first-order valence-corrected chi connectivity index (χ1v) is 24.1. The fourth-order valence-corrected chi connectivity index (χ4v) is 10.7. The van der Waals surface area contributed by atoms with E-state index in [0.717, 1.165) is 62.1 Å². The van der Waals surface area contributed by atoms with E-state index in [1.54, 1.807) is 29.8 Å². The van der Waals surface area contributed by atoms with Gasteiger partial charge in [0, 0.05) is 50.8 Å². The summed E-state index contributed by atoms with van der Waals surface area (Å²) < 4.78 is 33.5. The van der Waals surface area contributed by atoms with Gasteiger partial charge in [-0.05, 0) is 97.7 Å². The van der Waals surface area contributed by atoms with Gasteiger partial charge in [0.25, 0.3) is 0 Å². The molecule has 4 amide bonds. The number of carbonyl (C=O) groups is 4. The number of H-pyrrole nitrogens is 2. The number of aromatic amines is 2. The van der Waals surface area contributed by atoms with E-state index in [1.165, 1.54) is 54.1 Å². The van der Waals surface area contributed by atoms with Gasteiger partial charge in [-0.15, -0.1) is 0 Å². The molecule has 9 rings (SSSR count). The average molecular weight is 949 g/mol. The molecule has 1 unspecified atom stereocenters. The van der Waals surface area contributed by atoms with Gasteiger partial charge < -0.3 is 58.8 Å². The van der Waals surface area contributed by atoms with Crippen LogP contribution in [0.2, 0.25) is 0 Å². The maximum absolute atomic E-state index is 14.4. The van der Waals surface area contributed by atoms with Crippen molar-refractivity contribution in [3.8, 4) is 28.1 Å². The lowest BCUT2D eigenvalue weighted by molar-refractivity contribution is -0.138. The van der Waals surface area contributed by atoms with E-state index in [2.05, 4.69) is 63.9 Å². The third-order valence-electron chi connectivity index (χ3n) is 14.7. The first-order valence-electron chi connectivity index (χ1n) is 24.1. The summed E-state index contributed by atoms with van der Waals surface area (Å²) in [6.45, 7) is 8.14. The Morgan fingerprint density at radius 1 is 0.783 bits per heavy atom. The van der Waals surface area contributed by atoms with Gasteiger partial charge in [-0.2, -0.15) is 0 Å². The minimum Gasteiger partial charge on any atom is -0.488 e. The van der Waals surface area contributed by atoms with Crippen molar-refractivity contribution in [3.05, 3.63) is 65.9 Å². The number of ether oxygens (including phenoxy) is 6. The molecule has 0 bridgehead atoms. The van der Waals surface area contributed by atoms with Crippen molar-refractivity contribution in [2.24, 2.45) is 17.8 Å². The number of fused-ring (bicyclic) bond motifs is 6. The molecule has 5 heterocycles. The summed E-state index contributed by atoms with van der Waals surface area (Å²) in [5.74, 6) is 2.39. The summed E-state index contributed by atoms with van der Waals surface area (Å²) in [5, 5.41) is 7.26. The number of alkyl carbamates (subject to hydrolysis) is 2. The third kappa shape index (κ3) is 9.70. The molecule has 4 N–H and O–H groups in total. The van der Waals surface area contributed by atoms with E-state index in [4.69, 9.17) is 38.4 Å². The number of nitrogens with zero attached hydrogens (tertiary/aromatic N) is 4. The summed E-state index contributed by atoms with van der Waals surface area (Å²) in [6.07, 6.45) is 5.41. The van der Waals surface area contributed by atoms with Crippen molar-refractivity contribution in [2.75, 3.05) is 54.7 Å². The zero-order valence-corrected chi connectivity index (χ0v) is 40.5. The van der Waals surface area contributed by atoms with Crippen molar-refractivity contribution in [1.29, 1.82) is 0 Å². The lowest BCUT2D eigenvalue weighted by Gasteiger charge is -2.30. The normalized spacial score (nSPS) is 21.9. The van der Waals surface area contributed by atoms with Crippen LogP contribution < -0.4 is 15.4 Å². The molecular weight excluding hydrogens is 885 g/mol. The average Bonchev–Trinajstić information content (AvgIpc) is 4.24. The van der Waals surface area contributed by atoms with Crippen LogP contribution in [0, 0.1) is 17.8 Å². The monoisotopic (exact) mass is 948 g/mol. The maximum Gasteiger partial charge on any atom is 0.407 e. The first kappa shape index (κ1) is 47.8. The number of aromatic nitrogens is 4. The summed E-state index contributed by atoms with van der Waals surface area (Å²) in [5.41, 5.74) is 6.39. The predicted octanol–water partition coefficient (Wildman–Crippen LogP) is 7.19. The van der Waals surface area contributed by atoms with Crippen LogP contribution in [0.25, 0.3) is 44.2 Å². The van der Waals surface area contributed by atoms with E-state index < -0.39 is 42.5 Å². The van der Waals surface area contributed by atoms with Crippen molar-refractivity contribution in [3.63, 3.8) is 0 Å². The molecule has 18 heteroatoms. The van der Waals surface area contributed by atoms with Crippen LogP contribution in [0.4, 0.5) is 9.59 Å². The Balaban J connectivity index is 0.965. The molecule has 1 aliphatic carbocycles. The number of likely N-dealkylation sites (tertiary alicyclic amines) is 2. The number of benzene rings is 3. The number of amides is 4. The summed E-state index contributed by atoms with van der Waals surface area (Å²) >= 11 is 0. The second-order valence-electron chi connectivity index (χ2n) is 19.2. The summed E-state index contributed by atoms with van der Waals surface area (Å²) in [4.78, 5) is 73.6. The van der Waals surface area contributed by atoms with Crippen molar-refractivity contribution in [1.82, 2.24) is 40.4 Å². The molecule has 368 valence electrons. The summed E-state index contributed by atoms with van der Waals surface area (Å²) in [6, 6.07) is 12.0. The fourth-order valence-electron chi connectivity index (χ4n) is 10.7. The van der Waals surface area contributed by atoms with E-state index in [9.17, 15) is 19.2 Å². The number of hydrogen-bond acceptors (Lipinski definition) is 12. The molecule has 69 heavy (non-hydrogen) atoms. The van der Waals surface area contributed by atoms with Gasteiger partial charge in [-0.1, -0.05) is 38.0 Å². The Hall–Kier alpha value is -6.24. The van der Waals surface area contributed by atoms with E-state index in [1.807, 2.05) is 6.07 Å². The molecule has 18 nitrogen and oxygen atoms in total. The van der Waals surface area contributed by atoms with Crippen LogP contribution >= 0.6 is 0 Å². The molecule has 3 aliphatic heterocycles. The van der Waals surface area contributed by atoms with Crippen LogP contribution in [0.5, 0.6) is 5.75 Å². The van der Waals surface area contributed by atoms with E-state index in [0.29, 0.717) is 56.7 Å². The molecule has 0 spiro atoms. The van der Waals surface area contributed by atoms with Gasteiger partial charge in [0.15, 0.2) is 0 Å². The highest BCUT2D eigenvalue weighted by Crippen LogP contribution is 2.44. The van der Waals surface area contributed by atoms with Gasteiger partial charge >= 0.3 is 12.2 Å². The Labute approximate surface area is 401 Å². The Morgan fingerprint density at radius 3 is 2.13 bits per heavy atom. The second kappa shape index (κ2) is 20.4. The number of nitrogens with one attached hydrogen (secondary N) is 4. The molecule has 8 atom stereocenters. The maximum atomic E-state index is 14.4. The van der Waals surface area contributed by atoms with Crippen molar-refractivity contribution >= 4 is 45.8 Å². The van der Waals surface area contributed by atoms with Crippen molar-refractivity contribution < 1.29 is 47.6 Å². The molecule has 0 radical (unpaired) electrons. The standard InChI is InChI=1S/C51H64N8O10/c1-27-16-40(58(22-27)48(60)43(28(2)64-4)56-50(62)66-6)46-52-21-39(54-46)33-12-14-35-34(18-33)26-69-42-20-36-32(19-37(35)42)13-15-38-45(36)55-47(53-38)41-17-31(25-68-24-30-10-8-9-11-30)23-59(41)49(61)44(29(3)65-5)57-51(63)67-7/h12-15,18-21,27-31,40-41,43-44H,8-11,16-17,22-26H2,1-7H3,(H,52,54)(H,53,55)(H,56,62)(H,57,63)/t27-,28-,29-,31-,40-,41-,43?,44-/m0/s1. The van der Waals surface area contributed by atoms with Crippen LogP contribution in [0.1, 0.15) is 88.6 Å². The number of rotatable bonds is 15. The van der Waals surface area contributed by atoms with Gasteiger partial charge in [-0.25, -0.2) is 19.6 Å². The predicted molar refractivity (Wildman–Crippen MR) is 256 cm³/mol. The fraction of sp³-hybridized carbons (Fsp3) is 0.529. The van der Waals surface area contributed by atoms with Crippen molar-refractivity contribution in [2.45, 2.75) is 102 Å². The number of methoxy groups -OCH3 is 4. The zero-order chi connectivity index (χ0) is 48.5. The molecule has 4 aliphatic rings. The molecule has 3 aromatic carbocycles. The molecular formula is C51H64N8O10. The molecule has 1 saturated carbocycles. The second-order valence-corrected chi connectivity index (χ2v) is 19.2. The Bertz CT molecular complexity index is 2700. The van der Waals surface area contributed by atoms with Gasteiger partial charge in [0.1, 0.15) is 36.1 Å². The van der Waals surface area contributed by atoms with Crippen LogP contribution in [0.15, 0.2) is 48.7 Å². The minimum absolute atomic E-state index is 0.0666. The highest BCUT2D eigenvalue weighted by atomic mass is 16.5. The van der Waals surface area contributed by atoms with E-state index in [-0.39, 0.29) is 29.7 Å². The van der Waals surface area contributed by atoms with E-state index >= 15 is 0 Å². The highest BCUT2D eigenvalue weighted by molar-refractivity contribution is 6.07. The number of imidazole rings is 2. The molecule has 5 aromatic rings. The van der Waals surface area contributed by atoms with Crippen LogP contribution in [0.3, 0.4) is 0 Å². The largest absolute Gasteiger partial charge is 0.488 e. The van der Waals surface area contributed by atoms with Crippen LogP contribution in [-0.4, -0.2) is 133 Å². The molecule has 3 fully saturated rings. The summed E-state index contributed by atoms with van der Waals surface area (Å²) in [7, 11) is 5.54. The Kier molecular flexibility index (Phi) is 14.1. The highest BCUT2D eigenvalue weighted by Gasteiger charge is 2.44. The zero-order valence-electron chi connectivity index (χ0n) is 40.5. The lowest BCUT2D eigenvalue weighted by atomic mass is 9.92. The molecule has 2 saturated heterocycles. The molecule has 2 aromatic heterocycles. The van der Waals surface area contributed by atoms with Crippen LogP contribution in [-0.2, 0) is 39.9 Å². The smallest absolute Gasteiger partial charge is 0.407 e. The van der Waals surface area contributed by atoms with Gasteiger partial charge in [0.2, 0.25) is 11.8 Å². The minimum atomic E-state index is -0.972. The number of hydrogen-bond donors (Lipinski definition) is 4.